The fourth-order valence-corrected chi connectivity index (χ4v) is 19.1. The molecule has 1 aliphatic heterocycles. The molecule has 1 fully saturated rings. The second-order valence-electron chi connectivity index (χ2n) is 31.5. The molecule has 1 saturated heterocycles. The molecule has 127 heavy (non-hydrogen) atoms. The molecule has 1 aliphatic rings. The maximum Gasteiger partial charge on any atom is 0.494 e. The first-order chi connectivity index (χ1) is 60.8. The number of hydrogen-bond acceptors (Lipinski definition) is 18. The quantitative estimate of drug-likeness (QED) is 0.0710. The molecule has 614 valence electrons. The van der Waals surface area contributed by atoms with E-state index in [9.17, 15) is 0 Å². The summed E-state index contributed by atoms with van der Waals surface area (Å²) in [6, 6.07) is 110. The SMILES string of the molecule is C.C.CC1(C)OB(c2ccc3c(c2)oc2c(-c4nc(-c5ccccc5)nc(-c5cccc6c5oc5ccccc56)n4)cccc23)OC1(C)C.Clc1nc(-c2ccccc2)c2sc3ccccc3c2n1.[I-].c1ccc(-c2nc(-c3cccc4c3oc3ccccc34)nc(-c3cccc4c3oc3cc(-c5nc(-c6ccccc6)c6sc7ccccc7c6n5)ccc34)n2)cc1. The molecular weight excluding hydrogens is 1750 g/mol. The van der Waals surface area contributed by atoms with Crippen molar-refractivity contribution in [2.45, 2.75) is 53.8 Å². The van der Waals surface area contributed by atoms with Crippen LogP contribution in [0.5, 0.6) is 0 Å². The van der Waals surface area contributed by atoms with E-state index in [4.69, 9.17) is 78.5 Å². The summed E-state index contributed by atoms with van der Waals surface area (Å²) < 4.78 is 43.4. The van der Waals surface area contributed by atoms with E-state index in [0.29, 0.717) is 57.2 Å². The Balaban J connectivity index is 0.000000130. The molecule has 25 rings (SSSR count). The van der Waals surface area contributed by atoms with Gasteiger partial charge in [-0.15, -0.1) is 22.7 Å². The van der Waals surface area contributed by atoms with E-state index in [1.165, 1.54) is 9.40 Å². The molecule has 0 amide bonds. The normalized spacial score (nSPS) is 12.9. The summed E-state index contributed by atoms with van der Waals surface area (Å²) in [5, 5.41) is 10.6. The van der Waals surface area contributed by atoms with Crippen molar-refractivity contribution < 1.29 is 51.0 Å². The number of para-hydroxylation sites is 6. The first kappa shape index (κ1) is 81.3. The zero-order chi connectivity index (χ0) is 82.9. The first-order valence-electron chi connectivity index (χ1n) is 40.7. The van der Waals surface area contributed by atoms with Crippen molar-refractivity contribution in [2.75, 3.05) is 0 Å². The standard InChI is InChI=1S/C49H27N5O2S.C39H30BN3O4.C16H9ClN2S.2CH4.HI/c1-3-13-28(14-4-1)41-45-42(35-18-8-10-24-40(35)57-45)51-47(50-41)30-25-26-32-34-20-12-22-37(44(34)56-39(32)27-30)49-53-46(29-15-5-2-6-16-29)52-48(54-49)36-21-11-19-33-31-17-7-9-23-38(31)55-43(33)36;1-38(2)39(3,4)47-40(46-38)24-20-21-26-28-16-11-18-30(34(28)45-32(26)22-24)37-42-35(23-12-6-5-7-13-23)41-36(43-37)29-17-10-15-27-25-14-8-9-19-31(25)44-33(27)29;17-16-18-13(10-6-2-1-3-7-10)15-14(19-16)11-8-4-5-9-12(11)20-15;;;/h1-27H;5-22H,1-4H3;1-9H;2*1H4;1H/p-1. The number of furan rings is 4. The number of nitrogens with zero attached hydrogens (tertiary/aromatic N) is 10. The van der Waals surface area contributed by atoms with E-state index >= 15 is 0 Å². The van der Waals surface area contributed by atoms with Crippen molar-refractivity contribution in [2.24, 2.45) is 0 Å². The third-order valence-corrected chi connectivity index (χ3v) is 25.9. The van der Waals surface area contributed by atoms with Crippen molar-refractivity contribution in [1.29, 1.82) is 0 Å². The predicted molar refractivity (Wildman–Crippen MR) is 515 cm³/mol. The lowest BCUT2D eigenvalue weighted by Crippen LogP contribution is -3.00. The highest BCUT2D eigenvalue weighted by atomic mass is 127. The van der Waals surface area contributed by atoms with Gasteiger partial charge in [0.2, 0.25) is 5.28 Å². The third-order valence-electron chi connectivity index (χ3n) is 23.4. The van der Waals surface area contributed by atoms with Crippen LogP contribution < -0.4 is 29.4 Å². The van der Waals surface area contributed by atoms with Crippen molar-refractivity contribution in [3.63, 3.8) is 0 Å². The second-order valence-corrected chi connectivity index (χ2v) is 34.0. The van der Waals surface area contributed by atoms with Crippen LogP contribution in [0.1, 0.15) is 42.5 Å². The topological polar surface area (TPSA) is 200 Å². The minimum absolute atomic E-state index is 0. The van der Waals surface area contributed by atoms with Gasteiger partial charge in [0, 0.05) is 91.1 Å². The molecule has 0 atom stereocenters. The predicted octanol–water partition coefficient (Wildman–Crippen LogP) is 25.6. The molecule has 0 unspecified atom stereocenters. The lowest BCUT2D eigenvalue weighted by Gasteiger charge is -2.32. The summed E-state index contributed by atoms with van der Waals surface area (Å²) in [6.07, 6.45) is 0. The number of aromatic nitrogens is 10. The van der Waals surface area contributed by atoms with Gasteiger partial charge in [-0.05, 0) is 111 Å². The van der Waals surface area contributed by atoms with Gasteiger partial charge < -0.3 is 51.0 Å². The monoisotopic (exact) mass is 1820 g/mol. The highest BCUT2D eigenvalue weighted by molar-refractivity contribution is 7.26. The Morgan fingerprint density at radius 2 is 0.591 bits per heavy atom. The van der Waals surface area contributed by atoms with Gasteiger partial charge in [-0.2, -0.15) is 0 Å². The fraction of sp³-hybridized carbons (Fsp3) is 0.0755. The van der Waals surface area contributed by atoms with Gasteiger partial charge in [0.05, 0.1) is 65.3 Å². The van der Waals surface area contributed by atoms with E-state index < -0.39 is 18.3 Å². The number of hydrogen-bond donors (Lipinski definition) is 0. The Hall–Kier alpha value is -14.1. The molecule has 0 saturated carbocycles. The molecule has 0 radical (unpaired) electrons. The van der Waals surface area contributed by atoms with Gasteiger partial charge in [0.25, 0.3) is 0 Å². The van der Waals surface area contributed by atoms with Crippen LogP contribution in [0.25, 0.3) is 231 Å². The van der Waals surface area contributed by atoms with Crippen molar-refractivity contribution in [3.05, 3.63) is 333 Å². The summed E-state index contributed by atoms with van der Waals surface area (Å²) in [7, 11) is -0.488. The van der Waals surface area contributed by atoms with Gasteiger partial charge in [-0.1, -0.05) is 276 Å². The Labute approximate surface area is 758 Å². The molecule has 16 nitrogen and oxygen atoms in total. The van der Waals surface area contributed by atoms with Crippen LogP contribution in [0, 0.1) is 0 Å². The van der Waals surface area contributed by atoms with Gasteiger partial charge in [-0.3, -0.25) is 0 Å². The van der Waals surface area contributed by atoms with Crippen LogP contribution in [0.2, 0.25) is 5.28 Å². The second kappa shape index (κ2) is 32.8. The smallest absolute Gasteiger partial charge is 0.494 e. The zero-order valence-electron chi connectivity index (χ0n) is 67.2. The number of halogens is 2. The largest absolute Gasteiger partial charge is 1.00 e. The van der Waals surface area contributed by atoms with Gasteiger partial charge in [0.15, 0.2) is 40.8 Å². The van der Waals surface area contributed by atoms with Crippen molar-refractivity contribution in [1.82, 2.24) is 49.8 Å². The van der Waals surface area contributed by atoms with Crippen LogP contribution in [0.3, 0.4) is 0 Å². The summed E-state index contributed by atoms with van der Waals surface area (Å²) in [4.78, 5) is 49.5. The summed E-state index contributed by atoms with van der Waals surface area (Å²) in [6.45, 7) is 8.22. The Kier molecular flexibility index (Phi) is 21.0. The van der Waals surface area contributed by atoms with E-state index in [-0.39, 0.29) is 38.8 Å². The van der Waals surface area contributed by atoms with Crippen LogP contribution in [-0.4, -0.2) is 68.2 Å². The van der Waals surface area contributed by atoms with E-state index in [1.807, 2.05) is 218 Å². The third kappa shape index (κ3) is 14.4. The van der Waals surface area contributed by atoms with Gasteiger partial charge in [-0.25, -0.2) is 49.8 Å². The lowest BCUT2D eigenvalue weighted by molar-refractivity contribution is -0.0000290. The minimum Gasteiger partial charge on any atom is -1.00 e. The zero-order valence-corrected chi connectivity index (χ0v) is 71.8. The fourth-order valence-electron chi connectivity index (χ4n) is 16.6. The lowest BCUT2D eigenvalue weighted by atomic mass is 9.79. The molecule has 21 heteroatoms. The average molecular weight is 1820 g/mol. The Morgan fingerprint density at radius 1 is 0.268 bits per heavy atom. The van der Waals surface area contributed by atoms with E-state index in [2.05, 4.69) is 147 Å². The highest BCUT2D eigenvalue weighted by Crippen LogP contribution is 2.46. The molecule has 0 spiro atoms. The van der Waals surface area contributed by atoms with Crippen LogP contribution in [0.4, 0.5) is 0 Å². The number of benzene rings is 14. The molecule has 24 aromatic rings. The summed E-state index contributed by atoms with van der Waals surface area (Å²) in [5.74, 6) is 3.81. The maximum absolute atomic E-state index is 6.79. The molecule has 11 heterocycles. The molecule has 14 aromatic carbocycles. The molecular formula is C106H74BClIN10O6S2-. The van der Waals surface area contributed by atoms with E-state index in [0.717, 1.165) is 175 Å². The molecule has 0 bridgehead atoms. The average Bonchev–Trinajstić information content (AvgIpc) is 1.61. The Bertz CT molecular complexity index is 8380. The summed E-state index contributed by atoms with van der Waals surface area (Å²) >= 11 is 9.55. The van der Waals surface area contributed by atoms with Crippen LogP contribution in [0.15, 0.2) is 345 Å². The molecule has 0 aliphatic carbocycles. The Morgan fingerprint density at radius 3 is 1.02 bits per heavy atom. The first-order valence-corrected chi connectivity index (χ1v) is 42.7. The van der Waals surface area contributed by atoms with Crippen LogP contribution >= 0.6 is 34.3 Å². The summed E-state index contributed by atoms with van der Waals surface area (Å²) in [5.41, 5.74) is 17.6. The number of fused-ring (bicyclic) bond motifs is 18. The van der Waals surface area contributed by atoms with Crippen molar-refractivity contribution in [3.8, 4) is 102 Å². The van der Waals surface area contributed by atoms with Crippen molar-refractivity contribution >= 4 is 175 Å². The molecule has 10 aromatic heterocycles. The van der Waals surface area contributed by atoms with Crippen LogP contribution in [-0.2, 0) is 9.31 Å². The van der Waals surface area contributed by atoms with E-state index in [1.54, 1.807) is 22.7 Å². The maximum atomic E-state index is 6.79. The van der Waals surface area contributed by atoms with Gasteiger partial charge in [0.1, 0.15) is 44.7 Å². The van der Waals surface area contributed by atoms with Gasteiger partial charge >= 0.3 is 7.12 Å². The highest BCUT2D eigenvalue weighted by Gasteiger charge is 2.52. The number of rotatable bonds is 10. The molecule has 0 N–H and O–H groups in total. The minimum atomic E-state index is -0.488. The number of thiophene rings is 2.